The van der Waals surface area contributed by atoms with Gasteiger partial charge in [-0.15, -0.1) is 0 Å². The van der Waals surface area contributed by atoms with Gasteiger partial charge in [-0.25, -0.2) is 4.99 Å². The number of hydrogen-bond acceptors (Lipinski definition) is 5. The largest absolute Gasteiger partial charge is 0.490 e. The Morgan fingerprint density at radius 2 is 1.97 bits per heavy atom. The van der Waals surface area contributed by atoms with Gasteiger partial charge in [0.25, 0.3) is 5.91 Å². The number of rotatable bonds is 7. The average molecular weight is 489 g/mol. The third-order valence-electron chi connectivity index (χ3n) is 4.44. The minimum Gasteiger partial charge on any atom is -0.490 e. The number of benzene rings is 2. The molecule has 0 aliphatic carbocycles. The SMILES string of the molecule is CCOc1cc(/C=C2/SC(=Nc3ccc(C)cc3)NC2=O)cc(Br)c1O[C@@H](C)CC. The van der Waals surface area contributed by atoms with Crippen molar-refractivity contribution in [2.45, 2.75) is 40.2 Å². The van der Waals surface area contributed by atoms with E-state index in [0.29, 0.717) is 28.2 Å². The van der Waals surface area contributed by atoms with Gasteiger partial charge in [-0.1, -0.05) is 24.6 Å². The Labute approximate surface area is 190 Å². The molecule has 1 atom stereocenters. The summed E-state index contributed by atoms with van der Waals surface area (Å²) in [7, 11) is 0. The van der Waals surface area contributed by atoms with E-state index in [1.807, 2.05) is 63.2 Å². The molecular weight excluding hydrogens is 464 g/mol. The molecule has 1 aliphatic rings. The van der Waals surface area contributed by atoms with Crippen molar-refractivity contribution in [1.29, 1.82) is 0 Å². The van der Waals surface area contributed by atoms with Crippen LogP contribution in [0, 0.1) is 6.92 Å². The van der Waals surface area contributed by atoms with Crippen molar-refractivity contribution in [1.82, 2.24) is 5.32 Å². The van der Waals surface area contributed by atoms with Crippen molar-refractivity contribution in [3.8, 4) is 11.5 Å². The highest BCUT2D eigenvalue weighted by Gasteiger charge is 2.24. The number of carbonyl (C=O) groups is 1. The summed E-state index contributed by atoms with van der Waals surface area (Å²) in [6.07, 6.45) is 2.79. The second-order valence-corrected chi connectivity index (χ2v) is 8.80. The van der Waals surface area contributed by atoms with Gasteiger partial charge in [0, 0.05) is 0 Å². The Morgan fingerprint density at radius 1 is 1.23 bits per heavy atom. The lowest BCUT2D eigenvalue weighted by molar-refractivity contribution is -0.115. The number of thioether (sulfide) groups is 1. The van der Waals surface area contributed by atoms with Crippen LogP contribution in [-0.4, -0.2) is 23.8 Å². The van der Waals surface area contributed by atoms with E-state index in [4.69, 9.17) is 9.47 Å². The molecule has 3 rings (SSSR count). The normalized spacial score (nSPS) is 17.3. The van der Waals surface area contributed by atoms with Crippen LogP contribution in [0.3, 0.4) is 0 Å². The smallest absolute Gasteiger partial charge is 0.264 e. The molecule has 0 spiro atoms. The summed E-state index contributed by atoms with van der Waals surface area (Å²) in [5.74, 6) is 1.16. The molecule has 0 bridgehead atoms. The van der Waals surface area contributed by atoms with E-state index in [1.54, 1.807) is 0 Å². The van der Waals surface area contributed by atoms with Crippen LogP contribution in [0.2, 0.25) is 0 Å². The maximum absolute atomic E-state index is 12.4. The van der Waals surface area contributed by atoms with Gasteiger partial charge in [-0.2, -0.15) is 0 Å². The molecule has 1 amide bonds. The number of nitrogens with one attached hydrogen (secondary N) is 1. The highest BCUT2D eigenvalue weighted by Crippen LogP contribution is 2.39. The van der Waals surface area contributed by atoms with Crippen molar-refractivity contribution < 1.29 is 14.3 Å². The van der Waals surface area contributed by atoms with Crippen LogP contribution in [0.15, 0.2) is 50.8 Å². The summed E-state index contributed by atoms with van der Waals surface area (Å²) < 4.78 is 12.6. The second kappa shape index (κ2) is 10.2. The summed E-state index contributed by atoms with van der Waals surface area (Å²) >= 11 is 4.91. The molecule has 7 heteroatoms. The summed E-state index contributed by atoms with van der Waals surface area (Å²) in [6, 6.07) is 11.7. The van der Waals surface area contributed by atoms with Crippen molar-refractivity contribution in [3.05, 3.63) is 56.9 Å². The minimum atomic E-state index is -0.167. The van der Waals surface area contributed by atoms with Gasteiger partial charge in [0.2, 0.25) is 0 Å². The number of carbonyl (C=O) groups excluding carboxylic acids is 1. The number of aryl methyl sites for hydroxylation is 1. The van der Waals surface area contributed by atoms with Gasteiger partial charge in [0.15, 0.2) is 16.7 Å². The van der Waals surface area contributed by atoms with Crippen LogP contribution in [0.1, 0.15) is 38.3 Å². The molecule has 0 saturated carbocycles. The molecule has 2 aromatic carbocycles. The van der Waals surface area contributed by atoms with Gasteiger partial charge in [-0.05, 0) is 90.8 Å². The van der Waals surface area contributed by atoms with E-state index in [2.05, 4.69) is 33.2 Å². The Bertz CT molecular complexity index is 987. The summed E-state index contributed by atoms with van der Waals surface area (Å²) in [5, 5.41) is 3.39. The number of ether oxygens (including phenoxy) is 2. The molecule has 0 radical (unpaired) electrons. The molecule has 1 N–H and O–H groups in total. The van der Waals surface area contributed by atoms with Gasteiger partial charge in [0.1, 0.15) is 0 Å². The predicted octanol–water partition coefficient (Wildman–Crippen LogP) is 6.23. The monoisotopic (exact) mass is 488 g/mol. The van der Waals surface area contributed by atoms with Crippen LogP contribution >= 0.6 is 27.7 Å². The zero-order chi connectivity index (χ0) is 21.7. The number of halogens is 1. The van der Waals surface area contributed by atoms with Gasteiger partial charge < -0.3 is 14.8 Å². The van der Waals surface area contributed by atoms with Crippen LogP contribution in [-0.2, 0) is 4.79 Å². The Balaban J connectivity index is 1.86. The molecule has 1 heterocycles. The molecule has 158 valence electrons. The van der Waals surface area contributed by atoms with Crippen molar-refractivity contribution >= 4 is 50.5 Å². The predicted molar refractivity (Wildman–Crippen MR) is 128 cm³/mol. The first-order valence-corrected chi connectivity index (χ1v) is 11.5. The molecule has 1 fully saturated rings. The number of aliphatic imine (C=N–C) groups is 1. The topological polar surface area (TPSA) is 59.9 Å². The van der Waals surface area contributed by atoms with Crippen LogP contribution in [0.4, 0.5) is 5.69 Å². The molecule has 2 aromatic rings. The minimum absolute atomic E-state index is 0.0708. The third kappa shape index (κ3) is 5.67. The lowest BCUT2D eigenvalue weighted by Crippen LogP contribution is -2.19. The van der Waals surface area contributed by atoms with E-state index in [9.17, 15) is 4.79 Å². The first-order valence-electron chi connectivity index (χ1n) is 9.88. The van der Waals surface area contributed by atoms with E-state index in [0.717, 1.165) is 22.1 Å². The Hall–Kier alpha value is -2.25. The van der Waals surface area contributed by atoms with Gasteiger partial charge >= 0.3 is 0 Å². The van der Waals surface area contributed by atoms with Crippen LogP contribution in [0.5, 0.6) is 11.5 Å². The van der Waals surface area contributed by atoms with Crippen molar-refractivity contribution in [3.63, 3.8) is 0 Å². The lowest BCUT2D eigenvalue weighted by Gasteiger charge is -2.18. The standard InChI is InChI=1S/C23H25BrN2O3S/c1-5-15(4)29-21-18(24)11-16(12-19(21)28-6-2)13-20-22(27)26-23(30-20)25-17-9-7-14(3)8-10-17/h7-13,15H,5-6H2,1-4H3,(H,25,26,27)/b20-13+/t15-/m0/s1. The molecule has 1 aliphatic heterocycles. The number of amidine groups is 1. The zero-order valence-electron chi connectivity index (χ0n) is 17.5. The fraction of sp³-hybridized carbons (Fsp3) is 0.304. The molecule has 0 aromatic heterocycles. The van der Waals surface area contributed by atoms with Gasteiger partial charge in [0.05, 0.1) is 27.8 Å². The molecule has 5 nitrogen and oxygen atoms in total. The number of amides is 1. The maximum Gasteiger partial charge on any atom is 0.264 e. The lowest BCUT2D eigenvalue weighted by atomic mass is 10.1. The molecular formula is C23H25BrN2O3S. The quantitative estimate of drug-likeness (QED) is 0.469. The third-order valence-corrected chi connectivity index (χ3v) is 5.94. The fourth-order valence-corrected chi connectivity index (χ4v) is 4.10. The first-order chi connectivity index (χ1) is 14.4. The van der Waals surface area contributed by atoms with E-state index in [1.165, 1.54) is 17.3 Å². The van der Waals surface area contributed by atoms with E-state index < -0.39 is 0 Å². The second-order valence-electron chi connectivity index (χ2n) is 6.92. The maximum atomic E-state index is 12.4. The van der Waals surface area contributed by atoms with E-state index in [-0.39, 0.29) is 12.0 Å². The van der Waals surface area contributed by atoms with Crippen LogP contribution in [0.25, 0.3) is 6.08 Å². The highest BCUT2D eigenvalue weighted by molar-refractivity contribution is 9.10. The van der Waals surface area contributed by atoms with Gasteiger partial charge in [-0.3, -0.25) is 4.79 Å². The zero-order valence-corrected chi connectivity index (χ0v) is 19.9. The Kier molecular flexibility index (Phi) is 7.61. The average Bonchev–Trinajstić information content (AvgIpc) is 3.05. The fourth-order valence-electron chi connectivity index (χ4n) is 2.70. The molecule has 30 heavy (non-hydrogen) atoms. The molecule has 1 saturated heterocycles. The number of hydrogen-bond donors (Lipinski definition) is 1. The van der Waals surface area contributed by atoms with E-state index >= 15 is 0 Å². The first kappa shape index (κ1) is 22.4. The summed E-state index contributed by atoms with van der Waals surface area (Å²) in [5.41, 5.74) is 2.81. The van der Waals surface area contributed by atoms with Crippen molar-refractivity contribution in [2.75, 3.05) is 6.61 Å². The molecule has 0 unspecified atom stereocenters. The number of nitrogens with zero attached hydrogens (tertiary/aromatic N) is 1. The summed E-state index contributed by atoms with van der Waals surface area (Å²) in [6.45, 7) is 8.57. The Morgan fingerprint density at radius 3 is 2.63 bits per heavy atom. The van der Waals surface area contributed by atoms with Crippen LogP contribution < -0.4 is 14.8 Å². The summed E-state index contributed by atoms with van der Waals surface area (Å²) in [4.78, 5) is 17.5. The highest BCUT2D eigenvalue weighted by atomic mass is 79.9. The van der Waals surface area contributed by atoms with Crippen molar-refractivity contribution in [2.24, 2.45) is 4.99 Å².